The van der Waals surface area contributed by atoms with Gasteiger partial charge in [-0.1, -0.05) is 29.8 Å². The molecule has 7 heteroatoms. The maximum atomic E-state index is 12.6. The van der Waals surface area contributed by atoms with E-state index in [0.29, 0.717) is 30.2 Å². The molecule has 1 amide bonds. The largest absolute Gasteiger partial charge is 0.475 e. The molecule has 0 saturated heterocycles. The van der Waals surface area contributed by atoms with E-state index in [-0.39, 0.29) is 5.60 Å². The van der Waals surface area contributed by atoms with Crippen molar-refractivity contribution in [2.75, 3.05) is 20.3 Å². The Labute approximate surface area is 171 Å². The Balaban J connectivity index is 2.00. The third-order valence-corrected chi connectivity index (χ3v) is 3.95. The molecular formula is C22H28N2O5. The van der Waals surface area contributed by atoms with Gasteiger partial charge in [-0.15, -0.1) is 0 Å². The molecule has 1 aromatic carbocycles. The molecule has 0 bridgehead atoms. The van der Waals surface area contributed by atoms with Crippen LogP contribution < -0.4 is 10.1 Å². The zero-order chi connectivity index (χ0) is 21.4. The summed E-state index contributed by atoms with van der Waals surface area (Å²) in [5, 5.41) is 2.70. The molecule has 1 aromatic heterocycles. The molecule has 1 unspecified atom stereocenters. The second kappa shape index (κ2) is 10.0. The molecule has 156 valence electrons. The van der Waals surface area contributed by atoms with Crippen LogP contribution in [0.5, 0.6) is 5.88 Å². The molecule has 0 aliphatic carbocycles. The van der Waals surface area contributed by atoms with E-state index in [1.165, 1.54) is 13.3 Å². The van der Waals surface area contributed by atoms with E-state index in [4.69, 9.17) is 14.2 Å². The number of aromatic nitrogens is 1. The standard InChI is InChI=1S/C22H28N2O5/c1-15-7-6-8-16(13-15)19(21(26)27-5)24-20(25)17-9-10-18(23-14-17)28-11-12-29-22(2,3)4/h6-10,13-14,19H,11-12H2,1-5H3,(H,24,25). The van der Waals surface area contributed by atoms with Gasteiger partial charge in [0.05, 0.1) is 24.9 Å². The fraction of sp³-hybridized carbons (Fsp3) is 0.409. The van der Waals surface area contributed by atoms with E-state index >= 15 is 0 Å². The van der Waals surface area contributed by atoms with Crippen molar-refractivity contribution < 1.29 is 23.8 Å². The summed E-state index contributed by atoms with van der Waals surface area (Å²) in [7, 11) is 1.29. The number of carbonyl (C=O) groups excluding carboxylic acids is 2. The summed E-state index contributed by atoms with van der Waals surface area (Å²) in [4.78, 5) is 28.9. The van der Waals surface area contributed by atoms with Gasteiger partial charge in [0.2, 0.25) is 5.88 Å². The first-order valence-corrected chi connectivity index (χ1v) is 9.37. The summed E-state index contributed by atoms with van der Waals surface area (Å²) < 4.78 is 15.9. The Hall–Kier alpha value is -2.93. The quantitative estimate of drug-likeness (QED) is 0.541. The molecule has 0 aliphatic rings. The zero-order valence-corrected chi connectivity index (χ0v) is 17.5. The SMILES string of the molecule is COC(=O)C(NC(=O)c1ccc(OCCOC(C)(C)C)nc1)c1cccc(C)c1. The smallest absolute Gasteiger partial charge is 0.333 e. The minimum absolute atomic E-state index is 0.230. The predicted molar refractivity (Wildman–Crippen MR) is 109 cm³/mol. The average molecular weight is 400 g/mol. The number of amides is 1. The maximum Gasteiger partial charge on any atom is 0.333 e. The van der Waals surface area contributed by atoms with E-state index in [1.54, 1.807) is 18.2 Å². The molecule has 29 heavy (non-hydrogen) atoms. The Morgan fingerprint density at radius 2 is 1.90 bits per heavy atom. The van der Waals surface area contributed by atoms with Crippen molar-refractivity contribution in [3.63, 3.8) is 0 Å². The van der Waals surface area contributed by atoms with Gasteiger partial charge in [0.15, 0.2) is 6.04 Å². The van der Waals surface area contributed by atoms with Crippen molar-refractivity contribution in [3.05, 3.63) is 59.3 Å². The van der Waals surface area contributed by atoms with E-state index < -0.39 is 17.9 Å². The van der Waals surface area contributed by atoms with Crippen LogP contribution in [0.3, 0.4) is 0 Å². The van der Waals surface area contributed by atoms with Crippen LogP contribution in [0.2, 0.25) is 0 Å². The van der Waals surface area contributed by atoms with Crippen molar-refractivity contribution in [2.45, 2.75) is 39.3 Å². The Kier molecular flexibility index (Phi) is 7.73. The molecule has 1 N–H and O–H groups in total. The summed E-state index contributed by atoms with van der Waals surface area (Å²) in [6, 6.07) is 9.62. The number of benzene rings is 1. The first kappa shape index (κ1) is 22.4. The number of rotatable bonds is 8. The van der Waals surface area contributed by atoms with E-state index in [9.17, 15) is 9.59 Å². The number of nitrogens with zero attached hydrogens (tertiary/aromatic N) is 1. The van der Waals surface area contributed by atoms with Gasteiger partial charge in [0, 0.05) is 12.3 Å². The first-order chi connectivity index (χ1) is 13.7. The molecule has 2 rings (SSSR count). The molecule has 0 fully saturated rings. The molecule has 0 saturated carbocycles. The van der Waals surface area contributed by atoms with E-state index in [1.807, 2.05) is 45.9 Å². The second-order valence-electron chi connectivity index (χ2n) is 7.54. The van der Waals surface area contributed by atoms with E-state index in [2.05, 4.69) is 10.3 Å². The second-order valence-corrected chi connectivity index (χ2v) is 7.54. The Morgan fingerprint density at radius 1 is 1.14 bits per heavy atom. The lowest BCUT2D eigenvalue weighted by molar-refractivity contribution is -0.143. The molecule has 0 aliphatic heterocycles. The minimum Gasteiger partial charge on any atom is -0.475 e. The van der Waals surface area contributed by atoms with Crippen molar-refractivity contribution in [1.82, 2.24) is 10.3 Å². The van der Waals surface area contributed by atoms with Gasteiger partial charge in [-0.2, -0.15) is 0 Å². The summed E-state index contributed by atoms with van der Waals surface area (Å²) in [5.74, 6) is -0.588. The highest BCUT2D eigenvalue weighted by Crippen LogP contribution is 2.17. The third-order valence-electron chi connectivity index (χ3n) is 3.95. The molecule has 2 aromatic rings. The normalized spacial score (nSPS) is 12.2. The average Bonchev–Trinajstić information content (AvgIpc) is 2.68. The van der Waals surface area contributed by atoms with Crippen LogP contribution in [0, 0.1) is 6.92 Å². The molecule has 7 nitrogen and oxygen atoms in total. The van der Waals surface area contributed by atoms with Crippen LogP contribution in [0.25, 0.3) is 0 Å². The fourth-order valence-electron chi connectivity index (χ4n) is 2.55. The lowest BCUT2D eigenvalue weighted by Gasteiger charge is -2.19. The number of carbonyl (C=O) groups is 2. The summed E-state index contributed by atoms with van der Waals surface area (Å²) in [6.07, 6.45) is 1.40. The van der Waals surface area contributed by atoms with Crippen LogP contribution in [0.4, 0.5) is 0 Å². The number of hydrogen-bond acceptors (Lipinski definition) is 6. The zero-order valence-electron chi connectivity index (χ0n) is 17.5. The Morgan fingerprint density at radius 3 is 2.48 bits per heavy atom. The number of nitrogens with one attached hydrogen (secondary N) is 1. The summed E-state index contributed by atoms with van der Waals surface area (Å²) in [6.45, 7) is 8.61. The number of ether oxygens (including phenoxy) is 3. The van der Waals surface area contributed by atoms with Crippen LogP contribution in [0.15, 0.2) is 42.6 Å². The van der Waals surface area contributed by atoms with Gasteiger partial charge in [0.25, 0.3) is 5.91 Å². The highest BCUT2D eigenvalue weighted by atomic mass is 16.5. The van der Waals surface area contributed by atoms with Gasteiger partial charge in [-0.05, 0) is 39.3 Å². The Bertz CT molecular complexity index is 828. The van der Waals surface area contributed by atoms with Crippen LogP contribution >= 0.6 is 0 Å². The maximum absolute atomic E-state index is 12.6. The summed E-state index contributed by atoms with van der Waals surface area (Å²) >= 11 is 0. The monoisotopic (exact) mass is 400 g/mol. The van der Waals surface area contributed by atoms with Gasteiger partial charge in [0.1, 0.15) is 6.61 Å². The molecule has 1 atom stereocenters. The van der Waals surface area contributed by atoms with Gasteiger partial charge in [-0.25, -0.2) is 9.78 Å². The van der Waals surface area contributed by atoms with Crippen LogP contribution in [0.1, 0.15) is 48.3 Å². The van der Waals surface area contributed by atoms with Gasteiger partial charge in [-0.3, -0.25) is 4.79 Å². The van der Waals surface area contributed by atoms with Crippen molar-refractivity contribution in [1.29, 1.82) is 0 Å². The van der Waals surface area contributed by atoms with Crippen LogP contribution in [-0.2, 0) is 14.3 Å². The molecular weight excluding hydrogens is 372 g/mol. The lowest BCUT2D eigenvalue weighted by atomic mass is 10.0. The number of methoxy groups -OCH3 is 1. The first-order valence-electron chi connectivity index (χ1n) is 9.37. The van der Waals surface area contributed by atoms with E-state index in [0.717, 1.165) is 5.56 Å². The predicted octanol–water partition coefficient (Wildman–Crippen LogP) is 3.23. The number of aryl methyl sites for hydroxylation is 1. The number of esters is 1. The van der Waals surface area contributed by atoms with Crippen molar-refractivity contribution >= 4 is 11.9 Å². The van der Waals surface area contributed by atoms with Gasteiger partial charge < -0.3 is 19.5 Å². The third kappa shape index (κ3) is 7.19. The minimum atomic E-state index is -0.905. The fourth-order valence-corrected chi connectivity index (χ4v) is 2.55. The topological polar surface area (TPSA) is 86.8 Å². The highest BCUT2D eigenvalue weighted by Gasteiger charge is 2.24. The lowest BCUT2D eigenvalue weighted by Crippen LogP contribution is -2.34. The summed E-state index contributed by atoms with van der Waals surface area (Å²) in [5.41, 5.74) is 1.71. The van der Waals surface area contributed by atoms with Crippen molar-refractivity contribution in [2.24, 2.45) is 0 Å². The van der Waals surface area contributed by atoms with Crippen molar-refractivity contribution in [3.8, 4) is 5.88 Å². The molecule has 1 heterocycles. The van der Waals surface area contributed by atoms with Gasteiger partial charge >= 0.3 is 5.97 Å². The van der Waals surface area contributed by atoms with Crippen LogP contribution in [-0.4, -0.2) is 42.8 Å². The highest BCUT2D eigenvalue weighted by molar-refractivity contribution is 5.96. The number of hydrogen-bond donors (Lipinski definition) is 1. The number of pyridine rings is 1. The molecule has 0 spiro atoms. The molecule has 0 radical (unpaired) electrons.